The summed E-state index contributed by atoms with van der Waals surface area (Å²) >= 11 is 1.56. The lowest BCUT2D eigenvalue weighted by Crippen LogP contribution is -2.10. The number of aromatic nitrogens is 2. The van der Waals surface area contributed by atoms with E-state index in [0.29, 0.717) is 11.7 Å². The van der Waals surface area contributed by atoms with E-state index in [1.165, 1.54) is 0 Å². The van der Waals surface area contributed by atoms with Crippen molar-refractivity contribution in [3.63, 3.8) is 0 Å². The van der Waals surface area contributed by atoms with Crippen LogP contribution >= 0.6 is 11.3 Å². The van der Waals surface area contributed by atoms with Gasteiger partial charge in [-0.15, -0.1) is 11.3 Å². The maximum Gasteiger partial charge on any atom is 0.249 e. The van der Waals surface area contributed by atoms with E-state index in [-0.39, 0.29) is 0 Å². The lowest BCUT2D eigenvalue weighted by Gasteiger charge is -2.01. The molecule has 0 saturated heterocycles. The summed E-state index contributed by atoms with van der Waals surface area (Å²) < 4.78 is 10.8. The second-order valence-electron chi connectivity index (χ2n) is 4.59. The first-order valence-corrected chi connectivity index (χ1v) is 7.30. The monoisotopic (exact) mass is 297 g/mol. The van der Waals surface area contributed by atoms with Gasteiger partial charge < -0.3 is 14.7 Å². The molecule has 1 aromatic carbocycles. The second kappa shape index (κ2) is 4.83. The molecule has 0 bridgehead atoms. The summed E-state index contributed by atoms with van der Waals surface area (Å²) in [4.78, 5) is 5.39. The minimum atomic E-state index is -0.399. The van der Waals surface area contributed by atoms with Crippen LogP contribution in [0, 0.1) is 0 Å². The Morgan fingerprint density at radius 1 is 1.14 bits per heavy atom. The SMILES string of the molecule is NC(c1nc(-c2coc3ccccc23)no1)c1cccs1. The van der Waals surface area contributed by atoms with Gasteiger partial charge in [-0.3, -0.25) is 0 Å². The van der Waals surface area contributed by atoms with Crippen LogP contribution in [-0.4, -0.2) is 10.1 Å². The van der Waals surface area contributed by atoms with Crippen LogP contribution in [0.15, 0.2) is 57.0 Å². The Kier molecular flexibility index (Phi) is 2.83. The molecule has 5 nitrogen and oxygen atoms in total. The Labute approximate surface area is 124 Å². The molecule has 4 aromatic rings. The summed E-state index contributed by atoms with van der Waals surface area (Å²) in [5, 5.41) is 6.94. The van der Waals surface area contributed by atoms with Gasteiger partial charge in [0.2, 0.25) is 11.7 Å². The van der Waals surface area contributed by atoms with E-state index >= 15 is 0 Å². The second-order valence-corrected chi connectivity index (χ2v) is 5.57. The van der Waals surface area contributed by atoms with Gasteiger partial charge in [0.15, 0.2) is 0 Å². The van der Waals surface area contributed by atoms with Gasteiger partial charge in [-0.05, 0) is 17.5 Å². The van der Waals surface area contributed by atoms with Crippen LogP contribution in [0.2, 0.25) is 0 Å². The molecule has 0 spiro atoms. The molecular formula is C15H11N3O2S. The van der Waals surface area contributed by atoms with E-state index in [1.54, 1.807) is 17.6 Å². The summed E-state index contributed by atoms with van der Waals surface area (Å²) in [5.41, 5.74) is 7.73. The van der Waals surface area contributed by atoms with Crippen molar-refractivity contribution in [1.82, 2.24) is 10.1 Å². The molecule has 2 N–H and O–H groups in total. The molecule has 0 fully saturated rings. The largest absolute Gasteiger partial charge is 0.464 e. The predicted octanol–water partition coefficient (Wildman–Crippen LogP) is 3.59. The topological polar surface area (TPSA) is 78.1 Å². The van der Waals surface area contributed by atoms with Crippen LogP contribution in [0.25, 0.3) is 22.4 Å². The third kappa shape index (κ3) is 2.05. The fourth-order valence-corrected chi connectivity index (χ4v) is 2.93. The third-order valence-electron chi connectivity index (χ3n) is 3.28. The van der Waals surface area contributed by atoms with Gasteiger partial charge in [-0.2, -0.15) is 4.98 Å². The highest BCUT2D eigenvalue weighted by atomic mass is 32.1. The van der Waals surface area contributed by atoms with Crippen LogP contribution in [0.1, 0.15) is 16.8 Å². The van der Waals surface area contributed by atoms with Crippen molar-refractivity contribution in [3.05, 3.63) is 58.8 Å². The molecule has 0 radical (unpaired) electrons. The number of fused-ring (bicyclic) bond motifs is 1. The molecular weight excluding hydrogens is 286 g/mol. The van der Waals surface area contributed by atoms with E-state index in [2.05, 4.69) is 10.1 Å². The summed E-state index contributed by atoms with van der Waals surface area (Å²) in [6, 6.07) is 11.2. The summed E-state index contributed by atoms with van der Waals surface area (Å²) in [5.74, 6) is 0.889. The molecule has 0 aliphatic carbocycles. The van der Waals surface area contributed by atoms with Crippen molar-refractivity contribution in [2.24, 2.45) is 5.73 Å². The normalized spacial score (nSPS) is 12.8. The lowest BCUT2D eigenvalue weighted by atomic mass is 10.2. The first-order chi connectivity index (χ1) is 10.3. The Bertz CT molecular complexity index is 879. The molecule has 1 unspecified atom stereocenters. The number of hydrogen-bond donors (Lipinski definition) is 1. The Morgan fingerprint density at radius 2 is 2.05 bits per heavy atom. The van der Waals surface area contributed by atoms with Gasteiger partial charge in [0.1, 0.15) is 17.9 Å². The number of hydrogen-bond acceptors (Lipinski definition) is 6. The maximum absolute atomic E-state index is 6.13. The Morgan fingerprint density at radius 3 is 2.90 bits per heavy atom. The zero-order valence-corrected chi connectivity index (χ0v) is 11.7. The Hall–Kier alpha value is -2.44. The highest BCUT2D eigenvalue weighted by molar-refractivity contribution is 7.10. The number of benzene rings is 1. The molecule has 1 atom stereocenters. The van der Waals surface area contributed by atoms with Gasteiger partial charge >= 0.3 is 0 Å². The van der Waals surface area contributed by atoms with Gasteiger partial charge in [-0.25, -0.2) is 0 Å². The van der Waals surface area contributed by atoms with Crippen molar-refractivity contribution in [2.45, 2.75) is 6.04 Å². The first-order valence-electron chi connectivity index (χ1n) is 6.42. The smallest absolute Gasteiger partial charge is 0.249 e. The zero-order chi connectivity index (χ0) is 14.2. The van der Waals surface area contributed by atoms with Gasteiger partial charge in [0, 0.05) is 10.3 Å². The van der Waals surface area contributed by atoms with Crippen LogP contribution in [-0.2, 0) is 0 Å². The Balaban J connectivity index is 1.74. The molecule has 0 aliphatic rings. The van der Waals surface area contributed by atoms with E-state index < -0.39 is 6.04 Å². The third-order valence-corrected chi connectivity index (χ3v) is 4.23. The quantitative estimate of drug-likeness (QED) is 0.625. The van der Waals surface area contributed by atoms with Crippen LogP contribution in [0.4, 0.5) is 0 Å². The van der Waals surface area contributed by atoms with Crippen molar-refractivity contribution in [1.29, 1.82) is 0 Å². The van der Waals surface area contributed by atoms with Crippen molar-refractivity contribution >= 4 is 22.3 Å². The summed E-state index contributed by atoms with van der Waals surface area (Å²) in [7, 11) is 0. The van der Waals surface area contributed by atoms with Gasteiger partial charge in [0.05, 0.1) is 5.56 Å². The standard InChI is InChI=1S/C15H11N3O2S/c16-13(12-6-3-7-21-12)15-17-14(18-20-15)10-8-19-11-5-2-1-4-9(10)11/h1-8,13H,16H2. The molecule has 104 valence electrons. The van der Waals surface area contributed by atoms with Crippen molar-refractivity contribution in [3.8, 4) is 11.4 Å². The molecule has 21 heavy (non-hydrogen) atoms. The summed E-state index contributed by atoms with van der Waals surface area (Å²) in [6.07, 6.45) is 1.63. The molecule has 3 aromatic heterocycles. The number of nitrogens with zero attached hydrogens (tertiary/aromatic N) is 2. The molecule has 0 aliphatic heterocycles. The first kappa shape index (κ1) is 12.3. The average Bonchev–Trinajstić information content (AvgIpc) is 3.25. The van der Waals surface area contributed by atoms with Crippen molar-refractivity contribution in [2.75, 3.05) is 0 Å². The average molecular weight is 297 g/mol. The number of thiophene rings is 1. The van der Waals surface area contributed by atoms with Gasteiger partial charge in [-0.1, -0.05) is 29.4 Å². The molecule has 0 saturated carbocycles. The predicted molar refractivity (Wildman–Crippen MR) is 79.9 cm³/mol. The highest BCUT2D eigenvalue weighted by Gasteiger charge is 2.20. The van der Waals surface area contributed by atoms with Crippen LogP contribution in [0.3, 0.4) is 0 Å². The number of furan rings is 1. The van der Waals surface area contributed by atoms with Crippen molar-refractivity contribution < 1.29 is 8.94 Å². The maximum atomic E-state index is 6.13. The van der Waals surface area contributed by atoms with E-state index in [1.807, 2.05) is 41.8 Å². The van der Waals surface area contributed by atoms with Gasteiger partial charge in [0.25, 0.3) is 0 Å². The zero-order valence-electron chi connectivity index (χ0n) is 10.9. The molecule has 4 rings (SSSR count). The highest BCUT2D eigenvalue weighted by Crippen LogP contribution is 2.30. The molecule has 6 heteroatoms. The van der Waals surface area contributed by atoms with Crippen LogP contribution in [0.5, 0.6) is 0 Å². The number of rotatable bonds is 3. The summed E-state index contributed by atoms with van der Waals surface area (Å²) in [6.45, 7) is 0. The minimum absolute atomic E-state index is 0.399. The minimum Gasteiger partial charge on any atom is -0.464 e. The molecule has 3 heterocycles. The lowest BCUT2D eigenvalue weighted by molar-refractivity contribution is 0.368. The fraction of sp³-hybridized carbons (Fsp3) is 0.0667. The van der Waals surface area contributed by atoms with Crippen LogP contribution < -0.4 is 5.73 Å². The fourth-order valence-electron chi connectivity index (χ4n) is 2.21. The van der Waals surface area contributed by atoms with E-state index in [9.17, 15) is 0 Å². The number of para-hydroxylation sites is 1. The van der Waals surface area contributed by atoms with E-state index in [0.717, 1.165) is 21.4 Å². The molecule has 0 amide bonds. The van der Waals surface area contributed by atoms with E-state index in [4.69, 9.17) is 14.7 Å². The number of nitrogens with two attached hydrogens (primary N) is 1.